The first kappa shape index (κ1) is 24.1. The van der Waals surface area contributed by atoms with E-state index in [1.165, 1.54) is 11.1 Å². The molecule has 2 aliphatic heterocycles. The summed E-state index contributed by atoms with van der Waals surface area (Å²) < 4.78 is 7.00. The van der Waals surface area contributed by atoms with Crippen molar-refractivity contribution < 1.29 is 9.53 Å². The quantitative estimate of drug-likeness (QED) is 0.565. The van der Waals surface area contributed by atoms with E-state index in [-0.39, 0.29) is 6.09 Å². The Kier molecular flexibility index (Phi) is 7.41. The molecule has 1 aromatic carbocycles. The summed E-state index contributed by atoms with van der Waals surface area (Å²) in [5, 5.41) is 4.25. The Morgan fingerprint density at radius 3 is 2.32 bits per heavy atom. The number of rotatable bonds is 7. The molecule has 4 rings (SSSR count). The standard InChI is InChI=1S/C27H37N5O2/c1-6-25(29-12-14-30(15-13-29)27(33)34-7-2)26-16-23(19-32(26)28-5)21-8-10-22(11-9-21)24-17-31(18-24)20(3)4/h6,8-11,16,19-20,24H,5,7,12-15,17-18H2,1-4H3/b25-6+. The van der Waals surface area contributed by atoms with Gasteiger partial charge in [0.1, 0.15) is 0 Å². The molecule has 7 heteroatoms. The highest BCUT2D eigenvalue weighted by molar-refractivity contribution is 5.72. The zero-order valence-electron chi connectivity index (χ0n) is 20.9. The first-order chi connectivity index (χ1) is 16.4. The summed E-state index contributed by atoms with van der Waals surface area (Å²) in [5.74, 6) is 0.634. The fourth-order valence-electron chi connectivity index (χ4n) is 4.85. The molecule has 7 nitrogen and oxygen atoms in total. The van der Waals surface area contributed by atoms with Crippen LogP contribution in [0.3, 0.4) is 0 Å². The number of piperazine rings is 1. The maximum atomic E-state index is 12.1. The number of nitrogens with zero attached hydrogens (tertiary/aromatic N) is 5. The van der Waals surface area contributed by atoms with Crippen LogP contribution in [0.1, 0.15) is 44.9 Å². The number of carbonyl (C=O) groups excluding carboxylic acids is 1. The lowest BCUT2D eigenvalue weighted by atomic mass is 9.89. The zero-order chi connectivity index (χ0) is 24.2. The third kappa shape index (κ3) is 4.89. The summed E-state index contributed by atoms with van der Waals surface area (Å²) in [6.45, 7) is 17.7. The third-order valence-electron chi connectivity index (χ3n) is 6.99. The van der Waals surface area contributed by atoms with Crippen LogP contribution in [0.2, 0.25) is 0 Å². The number of carbonyl (C=O) groups is 1. The largest absolute Gasteiger partial charge is 0.450 e. The minimum atomic E-state index is -0.232. The van der Waals surface area contributed by atoms with Crippen LogP contribution in [0.25, 0.3) is 16.8 Å². The van der Waals surface area contributed by atoms with Gasteiger partial charge in [-0.1, -0.05) is 30.3 Å². The first-order valence-electron chi connectivity index (χ1n) is 12.3. The number of benzene rings is 1. The average Bonchev–Trinajstić information content (AvgIpc) is 3.23. The molecule has 0 N–H and O–H groups in total. The summed E-state index contributed by atoms with van der Waals surface area (Å²) in [7, 11) is 0. The second-order valence-electron chi connectivity index (χ2n) is 9.31. The summed E-state index contributed by atoms with van der Waals surface area (Å²) in [6, 6.07) is 11.8. The number of likely N-dealkylation sites (tertiary alicyclic amines) is 1. The number of allylic oxidation sites excluding steroid dienone is 1. The van der Waals surface area contributed by atoms with Gasteiger partial charge in [0.25, 0.3) is 0 Å². The van der Waals surface area contributed by atoms with Crippen molar-refractivity contribution in [1.29, 1.82) is 0 Å². The van der Waals surface area contributed by atoms with Crippen LogP contribution in [0.15, 0.2) is 47.7 Å². The molecule has 2 aliphatic rings. The van der Waals surface area contributed by atoms with E-state index in [4.69, 9.17) is 4.74 Å². The van der Waals surface area contributed by atoms with Gasteiger partial charge >= 0.3 is 6.09 Å². The van der Waals surface area contributed by atoms with E-state index >= 15 is 0 Å². The zero-order valence-corrected chi connectivity index (χ0v) is 20.9. The summed E-state index contributed by atoms with van der Waals surface area (Å²) in [5.41, 5.74) is 5.82. The first-order valence-corrected chi connectivity index (χ1v) is 12.3. The van der Waals surface area contributed by atoms with Gasteiger partial charge in [-0.15, -0.1) is 0 Å². The molecular weight excluding hydrogens is 426 g/mol. The molecule has 0 radical (unpaired) electrons. The van der Waals surface area contributed by atoms with Crippen molar-refractivity contribution in [2.75, 3.05) is 45.9 Å². The van der Waals surface area contributed by atoms with Crippen LogP contribution >= 0.6 is 0 Å². The monoisotopic (exact) mass is 463 g/mol. The molecule has 0 saturated carbocycles. The van der Waals surface area contributed by atoms with Crippen molar-refractivity contribution in [3.63, 3.8) is 0 Å². The number of hydrogen-bond acceptors (Lipinski definition) is 5. The number of amides is 1. The van der Waals surface area contributed by atoms with Gasteiger partial charge in [0, 0.05) is 69.7 Å². The molecule has 182 valence electrons. The van der Waals surface area contributed by atoms with Gasteiger partial charge in [0.2, 0.25) is 0 Å². The van der Waals surface area contributed by atoms with Crippen molar-refractivity contribution in [2.45, 2.75) is 39.7 Å². The second kappa shape index (κ2) is 10.5. The molecule has 0 bridgehead atoms. The molecule has 2 saturated heterocycles. The molecule has 0 unspecified atom stereocenters. The molecule has 0 atom stereocenters. The van der Waals surface area contributed by atoms with E-state index < -0.39 is 0 Å². The smallest absolute Gasteiger partial charge is 0.409 e. The Morgan fingerprint density at radius 2 is 1.76 bits per heavy atom. The van der Waals surface area contributed by atoms with E-state index in [2.05, 4.69) is 71.9 Å². The summed E-state index contributed by atoms with van der Waals surface area (Å²) >= 11 is 0. The van der Waals surface area contributed by atoms with Gasteiger partial charge in [-0.05, 0) is 44.9 Å². The van der Waals surface area contributed by atoms with Gasteiger partial charge in [0.05, 0.1) is 18.0 Å². The van der Waals surface area contributed by atoms with Crippen molar-refractivity contribution in [3.8, 4) is 11.1 Å². The van der Waals surface area contributed by atoms with E-state index in [0.29, 0.717) is 31.7 Å². The highest BCUT2D eigenvalue weighted by Crippen LogP contribution is 2.32. The fraction of sp³-hybridized carbons (Fsp3) is 0.481. The van der Waals surface area contributed by atoms with Gasteiger partial charge in [-0.25, -0.2) is 9.47 Å². The van der Waals surface area contributed by atoms with Gasteiger partial charge in [-0.3, -0.25) is 4.90 Å². The Hall–Kier alpha value is -3.06. The number of ether oxygens (including phenoxy) is 1. The summed E-state index contributed by atoms with van der Waals surface area (Å²) in [6.07, 6.45) is 3.92. The van der Waals surface area contributed by atoms with Crippen molar-refractivity contribution in [3.05, 3.63) is 53.9 Å². The van der Waals surface area contributed by atoms with Crippen molar-refractivity contribution >= 4 is 18.5 Å². The van der Waals surface area contributed by atoms with Gasteiger partial charge in [-0.2, -0.15) is 5.10 Å². The van der Waals surface area contributed by atoms with E-state index in [0.717, 1.165) is 43.1 Å². The number of aromatic nitrogens is 1. The molecule has 3 heterocycles. The van der Waals surface area contributed by atoms with Crippen LogP contribution in [0, 0.1) is 0 Å². The minimum Gasteiger partial charge on any atom is -0.450 e. The highest BCUT2D eigenvalue weighted by atomic mass is 16.6. The topological polar surface area (TPSA) is 53.3 Å². The normalized spacial score (nSPS) is 17.7. The van der Waals surface area contributed by atoms with Gasteiger partial charge < -0.3 is 14.5 Å². The SMILES string of the molecule is C=Nn1cc(-c2ccc(C3CN(C(C)C)C3)cc2)cc1/C(=C\C)N1CCN(C(=O)OCC)CC1. The average molecular weight is 464 g/mol. The molecule has 2 aromatic rings. The van der Waals surface area contributed by atoms with Crippen molar-refractivity contribution in [1.82, 2.24) is 19.4 Å². The molecule has 2 fully saturated rings. The summed E-state index contributed by atoms with van der Waals surface area (Å²) in [4.78, 5) is 18.6. The molecule has 0 spiro atoms. The Labute approximate surface area is 203 Å². The van der Waals surface area contributed by atoms with Gasteiger partial charge in [0.15, 0.2) is 0 Å². The Balaban J connectivity index is 1.47. The third-order valence-corrected chi connectivity index (χ3v) is 6.99. The predicted molar refractivity (Wildman–Crippen MR) is 138 cm³/mol. The second-order valence-corrected chi connectivity index (χ2v) is 9.31. The van der Waals surface area contributed by atoms with Crippen LogP contribution < -0.4 is 0 Å². The predicted octanol–water partition coefficient (Wildman–Crippen LogP) is 4.56. The van der Waals surface area contributed by atoms with E-state index in [9.17, 15) is 4.79 Å². The maximum absolute atomic E-state index is 12.1. The molecule has 34 heavy (non-hydrogen) atoms. The van der Waals surface area contributed by atoms with Crippen LogP contribution in [-0.4, -0.2) is 84.1 Å². The van der Waals surface area contributed by atoms with E-state index in [1.54, 1.807) is 4.90 Å². The van der Waals surface area contributed by atoms with E-state index in [1.807, 2.05) is 24.7 Å². The van der Waals surface area contributed by atoms with Crippen LogP contribution in [0.5, 0.6) is 0 Å². The Morgan fingerprint density at radius 1 is 1.12 bits per heavy atom. The maximum Gasteiger partial charge on any atom is 0.409 e. The highest BCUT2D eigenvalue weighted by Gasteiger charge is 2.29. The molecular formula is C27H37N5O2. The molecule has 1 aromatic heterocycles. The fourth-order valence-corrected chi connectivity index (χ4v) is 4.85. The molecule has 0 aliphatic carbocycles. The number of hydrogen-bond donors (Lipinski definition) is 0. The Bertz CT molecular complexity index is 1030. The molecule has 1 amide bonds. The lowest BCUT2D eigenvalue weighted by Crippen LogP contribution is -2.48. The lowest BCUT2D eigenvalue weighted by Gasteiger charge is -2.42. The van der Waals surface area contributed by atoms with Crippen molar-refractivity contribution in [2.24, 2.45) is 5.10 Å². The van der Waals surface area contributed by atoms with Crippen LogP contribution in [0.4, 0.5) is 4.79 Å². The van der Waals surface area contributed by atoms with Crippen LogP contribution in [-0.2, 0) is 4.74 Å². The lowest BCUT2D eigenvalue weighted by molar-refractivity contribution is 0.0906. The minimum absolute atomic E-state index is 0.232.